The molecule has 5 nitrogen and oxygen atoms in total. The van der Waals surface area contributed by atoms with E-state index >= 15 is 0 Å². The molecule has 0 spiro atoms. The molecule has 0 atom stereocenters. The van der Waals surface area contributed by atoms with Gasteiger partial charge in [-0.3, -0.25) is 9.69 Å². The van der Waals surface area contributed by atoms with Gasteiger partial charge in [0.15, 0.2) is 5.76 Å². The molecule has 1 aliphatic carbocycles. The summed E-state index contributed by atoms with van der Waals surface area (Å²) in [6.07, 6.45) is 5.32. The summed E-state index contributed by atoms with van der Waals surface area (Å²) in [7, 11) is 0. The van der Waals surface area contributed by atoms with Crippen molar-refractivity contribution in [3.05, 3.63) is 66.1 Å². The number of fused-ring (bicyclic) bond motifs is 1. The maximum Gasteiger partial charge on any atom is 0.289 e. The average molecular weight is 405 g/mol. The minimum atomic E-state index is -0.0157. The van der Waals surface area contributed by atoms with Crippen molar-refractivity contribution in [2.24, 2.45) is 0 Å². The second-order valence-corrected chi connectivity index (χ2v) is 8.33. The number of rotatable bonds is 5. The number of amides is 1. The summed E-state index contributed by atoms with van der Waals surface area (Å²) in [5, 5.41) is 2.32. The van der Waals surface area contributed by atoms with E-state index in [1.807, 2.05) is 41.3 Å². The molecule has 0 N–H and O–H groups in total. The van der Waals surface area contributed by atoms with Crippen molar-refractivity contribution in [1.29, 1.82) is 0 Å². The number of piperazine rings is 1. The summed E-state index contributed by atoms with van der Waals surface area (Å²) in [4.78, 5) is 17.3. The maximum absolute atomic E-state index is 12.8. The van der Waals surface area contributed by atoms with Crippen molar-refractivity contribution in [1.82, 2.24) is 9.80 Å². The first kappa shape index (κ1) is 19.2. The van der Waals surface area contributed by atoms with Crippen LogP contribution in [0.4, 0.5) is 0 Å². The Hall–Kier alpha value is -2.79. The fourth-order valence-corrected chi connectivity index (χ4v) is 4.70. The molecule has 1 saturated heterocycles. The average Bonchev–Trinajstić information content (AvgIpc) is 3.50. The van der Waals surface area contributed by atoms with Crippen molar-refractivity contribution in [2.45, 2.75) is 38.3 Å². The molecule has 5 rings (SSSR count). The minimum Gasteiger partial charge on any atom is -0.486 e. The second kappa shape index (κ2) is 8.52. The number of furan rings is 1. The Balaban J connectivity index is 1.16. The second-order valence-electron chi connectivity index (χ2n) is 8.33. The van der Waals surface area contributed by atoms with Gasteiger partial charge in [0.2, 0.25) is 0 Å². The number of hydrogen-bond donors (Lipinski definition) is 0. The van der Waals surface area contributed by atoms with Crippen LogP contribution in [-0.2, 0) is 6.61 Å². The molecular weight excluding hydrogens is 376 g/mol. The lowest BCUT2D eigenvalue weighted by atomic mass is 10.1. The van der Waals surface area contributed by atoms with Crippen LogP contribution in [0.2, 0.25) is 0 Å². The zero-order valence-electron chi connectivity index (χ0n) is 17.3. The largest absolute Gasteiger partial charge is 0.486 e. The van der Waals surface area contributed by atoms with Gasteiger partial charge in [-0.25, -0.2) is 0 Å². The first-order valence-electron chi connectivity index (χ1n) is 11.0. The van der Waals surface area contributed by atoms with E-state index in [2.05, 4.69) is 17.0 Å². The molecule has 0 bridgehead atoms. The van der Waals surface area contributed by atoms with Crippen molar-refractivity contribution in [3.63, 3.8) is 0 Å². The van der Waals surface area contributed by atoms with Gasteiger partial charge in [0.25, 0.3) is 5.91 Å². The smallest absolute Gasteiger partial charge is 0.289 e. The summed E-state index contributed by atoms with van der Waals surface area (Å²) in [5.41, 5.74) is 0. The number of hydrogen-bond acceptors (Lipinski definition) is 4. The summed E-state index contributed by atoms with van der Waals surface area (Å²) in [5.74, 6) is 1.84. The molecule has 30 heavy (non-hydrogen) atoms. The Labute approximate surface area is 177 Å². The number of nitrogens with zero attached hydrogens (tertiary/aromatic N) is 2. The standard InChI is InChI=1S/C25H28N2O3/c28-25(27-15-13-26(14-16-27)21-7-3-4-8-21)24-12-11-23(30-24)18-29-22-10-9-19-5-1-2-6-20(19)17-22/h1-2,5-6,9-12,17,21H,3-4,7-8,13-16,18H2. The van der Waals surface area contributed by atoms with E-state index < -0.39 is 0 Å². The molecule has 0 unspecified atom stereocenters. The Kier molecular flexibility index (Phi) is 5.45. The minimum absolute atomic E-state index is 0.0157. The summed E-state index contributed by atoms with van der Waals surface area (Å²) in [6, 6.07) is 18.6. The molecule has 2 heterocycles. The third kappa shape index (κ3) is 4.08. The van der Waals surface area contributed by atoms with Gasteiger partial charge in [0.1, 0.15) is 18.1 Å². The summed E-state index contributed by atoms with van der Waals surface area (Å²) < 4.78 is 11.7. The lowest BCUT2D eigenvalue weighted by Crippen LogP contribution is -2.51. The highest BCUT2D eigenvalue weighted by molar-refractivity contribution is 5.91. The van der Waals surface area contributed by atoms with Gasteiger partial charge in [-0.2, -0.15) is 0 Å². The van der Waals surface area contributed by atoms with Crippen LogP contribution in [0.15, 0.2) is 59.0 Å². The Bertz CT molecular complexity index is 1010. The fourth-order valence-electron chi connectivity index (χ4n) is 4.70. The molecule has 156 valence electrons. The topological polar surface area (TPSA) is 45.9 Å². The van der Waals surface area contributed by atoms with Crippen molar-refractivity contribution in [3.8, 4) is 5.75 Å². The van der Waals surface area contributed by atoms with Gasteiger partial charge in [0, 0.05) is 32.2 Å². The van der Waals surface area contributed by atoms with Crippen LogP contribution < -0.4 is 4.74 Å². The highest BCUT2D eigenvalue weighted by Crippen LogP contribution is 2.25. The van der Waals surface area contributed by atoms with Crippen molar-refractivity contribution < 1.29 is 13.9 Å². The van der Waals surface area contributed by atoms with Crippen LogP contribution in [0, 0.1) is 0 Å². The summed E-state index contributed by atoms with van der Waals surface area (Å²) in [6.45, 7) is 3.79. The molecule has 1 aliphatic heterocycles. The van der Waals surface area contributed by atoms with Crippen molar-refractivity contribution >= 4 is 16.7 Å². The van der Waals surface area contributed by atoms with E-state index in [9.17, 15) is 4.79 Å². The van der Waals surface area contributed by atoms with Crippen LogP contribution in [0.1, 0.15) is 42.0 Å². The predicted octanol–water partition coefficient (Wildman–Crippen LogP) is 4.71. The molecule has 1 aromatic heterocycles. The molecule has 3 aromatic rings. The van der Waals surface area contributed by atoms with Crippen LogP contribution in [0.5, 0.6) is 5.75 Å². The molecular formula is C25H28N2O3. The van der Waals surface area contributed by atoms with Gasteiger partial charge in [0.05, 0.1) is 0 Å². The quantitative estimate of drug-likeness (QED) is 0.618. The van der Waals surface area contributed by atoms with Gasteiger partial charge < -0.3 is 14.1 Å². The van der Waals surface area contributed by atoms with Crippen LogP contribution in [-0.4, -0.2) is 47.9 Å². The van der Waals surface area contributed by atoms with Gasteiger partial charge in [-0.15, -0.1) is 0 Å². The normalized spacial score (nSPS) is 18.2. The maximum atomic E-state index is 12.8. The van der Waals surface area contributed by atoms with Gasteiger partial charge >= 0.3 is 0 Å². The molecule has 1 amide bonds. The monoisotopic (exact) mass is 404 g/mol. The van der Waals surface area contributed by atoms with E-state index in [1.54, 1.807) is 6.07 Å². The lowest BCUT2D eigenvalue weighted by molar-refractivity contribution is 0.0541. The molecule has 2 aromatic carbocycles. The highest BCUT2D eigenvalue weighted by Gasteiger charge is 2.29. The highest BCUT2D eigenvalue weighted by atomic mass is 16.5. The Morgan fingerprint density at radius 2 is 1.70 bits per heavy atom. The fraction of sp³-hybridized carbons (Fsp3) is 0.400. The molecule has 0 radical (unpaired) electrons. The Morgan fingerprint density at radius 1 is 0.933 bits per heavy atom. The number of ether oxygens (including phenoxy) is 1. The molecule has 5 heteroatoms. The number of benzene rings is 2. The van der Waals surface area contributed by atoms with Crippen molar-refractivity contribution in [2.75, 3.05) is 26.2 Å². The third-order valence-electron chi connectivity index (χ3n) is 6.42. The Morgan fingerprint density at radius 3 is 2.50 bits per heavy atom. The van der Waals surface area contributed by atoms with Crippen LogP contribution in [0.3, 0.4) is 0 Å². The third-order valence-corrected chi connectivity index (χ3v) is 6.42. The first-order valence-corrected chi connectivity index (χ1v) is 11.0. The van der Waals surface area contributed by atoms with E-state index in [-0.39, 0.29) is 5.91 Å². The molecule has 2 fully saturated rings. The number of carbonyl (C=O) groups is 1. The first-order chi connectivity index (χ1) is 14.8. The molecule has 1 saturated carbocycles. The van der Waals surface area contributed by atoms with Crippen LogP contribution >= 0.6 is 0 Å². The van der Waals surface area contributed by atoms with Gasteiger partial charge in [-0.05, 0) is 47.9 Å². The zero-order valence-corrected chi connectivity index (χ0v) is 17.3. The van der Waals surface area contributed by atoms with E-state index in [4.69, 9.17) is 9.15 Å². The predicted molar refractivity (Wildman–Crippen MR) is 117 cm³/mol. The zero-order chi connectivity index (χ0) is 20.3. The molecule has 2 aliphatic rings. The lowest BCUT2D eigenvalue weighted by Gasteiger charge is -2.37. The SMILES string of the molecule is O=C(c1ccc(COc2ccc3ccccc3c2)o1)N1CCN(C2CCCC2)CC1. The van der Waals surface area contributed by atoms with Gasteiger partial charge in [-0.1, -0.05) is 43.2 Å². The van der Waals surface area contributed by atoms with Crippen LogP contribution in [0.25, 0.3) is 10.8 Å². The van der Waals surface area contributed by atoms with E-state index in [0.717, 1.165) is 43.4 Å². The van der Waals surface area contributed by atoms with E-state index in [0.29, 0.717) is 18.1 Å². The summed E-state index contributed by atoms with van der Waals surface area (Å²) >= 11 is 0. The number of carbonyl (C=O) groups excluding carboxylic acids is 1. The van der Waals surface area contributed by atoms with E-state index in [1.165, 1.54) is 31.1 Å².